The normalized spacial score (nSPS) is 24.8. The number of unbranched alkanes of at least 4 members (excludes halogenated alkanes) is 1. The minimum Gasteiger partial charge on any atom is -0.319 e. The van der Waals surface area contributed by atoms with Crippen LogP contribution in [0, 0.1) is 17.3 Å². The van der Waals surface area contributed by atoms with Crippen LogP contribution < -0.4 is 10.0 Å². The number of aromatic nitrogens is 1. The highest BCUT2D eigenvalue weighted by molar-refractivity contribution is 7.99. The van der Waals surface area contributed by atoms with Crippen molar-refractivity contribution in [3.8, 4) is 0 Å². The maximum Gasteiger partial charge on any atom is 0.233 e. The second kappa shape index (κ2) is 11.1. The Kier molecular flexibility index (Phi) is 8.16. The summed E-state index contributed by atoms with van der Waals surface area (Å²) in [5, 5.41) is 2.89. The van der Waals surface area contributed by atoms with Gasteiger partial charge >= 0.3 is 0 Å². The lowest BCUT2D eigenvalue weighted by Crippen LogP contribution is -2.41. The molecule has 2 unspecified atom stereocenters. The molecule has 2 heterocycles. The Hall–Kier alpha value is -1.54. The zero-order valence-electron chi connectivity index (χ0n) is 18.5. The molecule has 1 saturated carbocycles. The molecule has 2 aromatic rings. The minimum absolute atomic E-state index is 0.0666. The summed E-state index contributed by atoms with van der Waals surface area (Å²) in [6, 6.07) is 8.26. The molecule has 0 bridgehead atoms. The Morgan fingerprint density at radius 1 is 1.25 bits per heavy atom. The van der Waals surface area contributed by atoms with Crippen molar-refractivity contribution in [1.29, 1.82) is 0 Å². The Balaban J connectivity index is 0.000000155. The monoisotopic (exact) mass is 485 g/mol. The molecule has 170 valence electrons. The molecule has 2 atom stereocenters. The predicted molar refractivity (Wildman–Crippen MR) is 140 cm³/mol. The van der Waals surface area contributed by atoms with E-state index in [1.54, 1.807) is 23.3 Å². The van der Waals surface area contributed by atoms with E-state index in [0.29, 0.717) is 5.92 Å². The lowest BCUT2D eigenvalue weighted by molar-refractivity contribution is -0.122. The number of fused-ring (bicyclic) bond motifs is 2. The average molecular weight is 486 g/mol. The van der Waals surface area contributed by atoms with Crippen LogP contribution >= 0.6 is 35.5 Å². The Labute approximate surface area is 204 Å². The third-order valence-corrected chi connectivity index (χ3v) is 8.96. The van der Waals surface area contributed by atoms with Crippen LogP contribution in [0.15, 0.2) is 52.9 Å². The SMILES string of the molecule is CCCCNSc1nc2ccccc2s1.O=C1NC(=S)C2(C3CCCCC3)C=CC=CC12. The first-order valence-electron chi connectivity index (χ1n) is 11.6. The number of thiocarbonyl (C=S) groups is 1. The van der Waals surface area contributed by atoms with Gasteiger partial charge < -0.3 is 5.32 Å². The topological polar surface area (TPSA) is 54.0 Å². The standard InChI is InChI=1S/C14H17NOS.C11H14N2S2/c16-12-11-8-4-5-9-14(11,13(17)15-12)10-6-2-1-3-7-10;1-2-3-8-12-15-11-13-9-6-4-5-7-10(9)14-11/h4-5,8-11H,1-3,6-7H2,(H,15,16,17);4-7,12H,2-3,8H2,1H3. The second-order valence-electron chi connectivity index (χ2n) is 8.61. The van der Waals surface area contributed by atoms with Crippen molar-refractivity contribution in [3.63, 3.8) is 0 Å². The molecule has 32 heavy (non-hydrogen) atoms. The van der Waals surface area contributed by atoms with Crippen molar-refractivity contribution in [2.75, 3.05) is 6.54 Å². The van der Waals surface area contributed by atoms with Gasteiger partial charge in [0.15, 0.2) is 4.34 Å². The van der Waals surface area contributed by atoms with E-state index < -0.39 is 0 Å². The molecular formula is C25H31N3OS3. The third kappa shape index (κ3) is 5.01. The molecule has 2 fully saturated rings. The van der Waals surface area contributed by atoms with Gasteiger partial charge in [0.2, 0.25) is 5.91 Å². The van der Waals surface area contributed by atoms with Crippen LogP contribution in [0.5, 0.6) is 0 Å². The van der Waals surface area contributed by atoms with E-state index >= 15 is 0 Å². The highest BCUT2D eigenvalue weighted by atomic mass is 32.2. The number of thiazole rings is 1. The summed E-state index contributed by atoms with van der Waals surface area (Å²) < 4.78 is 5.69. The van der Waals surface area contributed by atoms with Crippen LogP contribution in [-0.4, -0.2) is 22.4 Å². The smallest absolute Gasteiger partial charge is 0.233 e. The molecule has 0 spiro atoms. The highest BCUT2D eigenvalue weighted by Gasteiger charge is 2.54. The zero-order valence-corrected chi connectivity index (χ0v) is 21.0. The number of nitrogens with one attached hydrogen (secondary N) is 2. The van der Waals surface area contributed by atoms with E-state index in [2.05, 4.69) is 52.3 Å². The van der Waals surface area contributed by atoms with Crippen LogP contribution in [0.25, 0.3) is 10.2 Å². The summed E-state index contributed by atoms with van der Waals surface area (Å²) >= 11 is 8.86. The van der Waals surface area contributed by atoms with E-state index in [4.69, 9.17) is 12.2 Å². The van der Waals surface area contributed by atoms with Gasteiger partial charge in [0.1, 0.15) is 0 Å². The molecule has 1 aromatic heterocycles. The van der Waals surface area contributed by atoms with Crippen molar-refractivity contribution in [1.82, 2.24) is 15.0 Å². The average Bonchev–Trinajstić information content (AvgIpc) is 3.36. The van der Waals surface area contributed by atoms with Gasteiger partial charge in [0, 0.05) is 6.54 Å². The number of hydrogen-bond donors (Lipinski definition) is 2. The molecule has 4 nitrogen and oxygen atoms in total. The summed E-state index contributed by atoms with van der Waals surface area (Å²) in [5.41, 5.74) is 0.893. The van der Waals surface area contributed by atoms with Gasteiger partial charge in [-0.05, 0) is 49.3 Å². The molecule has 3 aliphatic rings. The number of allylic oxidation sites excluding steroid dienone is 2. The number of nitrogens with zero attached hydrogens (tertiary/aromatic N) is 1. The van der Waals surface area contributed by atoms with Gasteiger partial charge in [-0.2, -0.15) is 0 Å². The summed E-state index contributed by atoms with van der Waals surface area (Å²) in [6.45, 7) is 3.25. The van der Waals surface area contributed by atoms with E-state index in [1.807, 2.05) is 18.2 Å². The fourth-order valence-electron chi connectivity index (χ4n) is 4.88. The lowest BCUT2D eigenvalue weighted by Gasteiger charge is -2.40. The maximum atomic E-state index is 12.0. The van der Waals surface area contributed by atoms with Gasteiger partial charge in [0.25, 0.3) is 0 Å². The van der Waals surface area contributed by atoms with Crippen LogP contribution in [0.1, 0.15) is 51.9 Å². The van der Waals surface area contributed by atoms with E-state index in [1.165, 1.54) is 49.6 Å². The molecule has 5 rings (SSSR count). The molecule has 2 N–H and O–H groups in total. The first kappa shape index (κ1) is 23.6. The Bertz CT molecular complexity index is 976. The molecule has 1 aromatic carbocycles. The summed E-state index contributed by atoms with van der Waals surface area (Å²) in [7, 11) is 0. The van der Waals surface area contributed by atoms with Crippen molar-refractivity contribution < 1.29 is 4.79 Å². The van der Waals surface area contributed by atoms with Gasteiger partial charge in [-0.3, -0.25) is 9.52 Å². The lowest BCUT2D eigenvalue weighted by atomic mass is 9.62. The zero-order chi connectivity index (χ0) is 22.4. The molecule has 1 amide bonds. The minimum atomic E-state index is -0.207. The van der Waals surface area contributed by atoms with Crippen molar-refractivity contribution in [2.24, 2.45) is 17.3 Å². The van der Waals surface area contributed by atoms with E-state index in [-0.39, 0.29) is 17.2 Å². The molecular weight excluding hydrogens is 454 g/mol. The van der Waals surface area contributed by atoms with E-state index in [0.717, 1.165) is 21.4 Å². The number of carbonyl (C=O) groups is 1. The number of rotatable bonds is 6. The predicted octanol–water partition coefficient (Wildman–Crippen LogP) is 6.45. The number of benzene rings is 1. The van der Waals surface area contributed by atoms with Crippen LogP contribution in [0.4, 0.5) is 0 Å². The van der Waals surface area contributed by atoms with Crippen molar-refractivity contribution in [3.05, 3.63) is 48.6 Å². The van der Waals surface area contributed by atoms with Crippen molar-refractivity contribution >= 4 is 56.6 Å². The number of hydrogen-bond acceptors (Lipinski definition) is 6. The molecule has 1 aliphatic heterocycles. The van der Waals surface area contributed by atoms with Crippen LogP contribution in [-0.2, 0) is 4.79 Å². The fourth-order valence-corrected chi connectivity index (χ4v) is 7.17. The number of carbonyl (C=O) groups excluding carboxylic acids is 1. The fraction of sp³-hybridized carbons (Fsp3) is 0.480. The largest absolute Gasteiger partial charge is 0.319 e. The Morgan fingerprint density at radius 3 is 2.84 bits per heavy atom. The summed E-state index contributed by atoms with van der Waals surface area (Å²) in [6.07, 6.45) is 16.9. The maximum absolute atomic E-state index is 12.0. The number of amides is 1. The quantitative estimate of drug-likeness (QED) is 0.280. The van der Waals surface area contributed by atoms with Gasteiger partial charge in [-0.25, -0.2) is 4.98 Å². The van der Waals surface area contributed by atoms with Crippen molar-refractivity contribution in [2.45, 2.75) is 56.2 Å². The summed E-state index contributed by atoms with van der Waals surface area (Å²) in [4.78, 5) is 17.3. The van der Waals surface area contributed by atoms with E-state index in [9.17, 15) is 4.79 Å². The molecule has 0 radical (unpaired) electrons. The van der Waals surface area contributed by atoms with Gasteiger partial charge in [-0.15, -0.1) is 11.3 Å². The molecule has 7 heteroatoms. The molecule has 2 aliphatic carbocycles. The van der Waals surface area contributed by atoms with Crippen LogP contribution in [0.3, 0.4) is 0 Å². The second-order valence-corrected chi connectivity index (χ2v) is 11.2. The first-order valence-corrected chi connectivity index (χ1v) is 13.7. The first-order chi connectivity index (χ1) is 15.6. The highest BCUT2D eigenvalue weighted by Crippen LogP contribution is 2.50. The third-order valence-electron chi connectivity index (χ3n) is 6.56. The number of para-hydroxylation sites is 1. The van der Waals surface area contributed by atoms with Crippen LogP contribution in [0.2, 0.25) is 0 Å². The Morgan fingerprint density at radius 2 is 2.06 bits per heavy atom. The van der Waals surface area contributed by atoms with Gasteiger partial charge in [-0.1, -0.05) is 81.3 Å². The van der Waals surface area contributed by atoms with Gasteiger partial charge in [0.05, 0.1) is 26.5 Å². The summed E-state index contributed by atoms with van der Waals surface area (Å²) in [5.74, 6) is 0.554. The molecule has 1 saturated heterocycles.